The van der Waals surface area contributed by atoms with Gasteiger partial charge < -0.3 is 10.6 Å². The van der Waals surface area contributed by atoms with Gasteiger partial charge in [0.15, 0.2) is 0 Å². The number of carbonyl (C=O) groups is 1. The molecule has 1 aromatic carbocycles. The second-order valence-corrected chi connectivity index (χ2v) is 3.27. The van der Waals surface area contributed by atoms with Crippen LogP contribution in [-0.4, -0.2) is 6.41 Å². The van der Waals surface area contributed by atoms with Gasteiger partial charge >= 0.3 is 0 Å². The van der Waals surface area contributed by atoms with Crippen LogP contribution in [0.3, 0.4) is 0 Å². The predicted octanol–water partition coefficient (Wildman–Crippen LogP) is 2.44. The van der Waals surface area contributed by atoms with Gasteiger partial charge in [0.1, 0.15) is 0 Å². The van der Waals surface area contributed by atoms with Crippen molar-refractivity contribution in [3.63, 3.8) is 0 Å². The Hall–Kier alpha value is -1.77. The molecule has 0 saturated heterocycles. The molecule has 0 aliphatic rings. The van der Waals surface area contributed by atoms with Crippen LogP contribution in [0.2, 0.25) is 0 Å². The van der Waals surface area contributed by atoms with E-state index in [1.807, 2.05) is 50.4 Å². The summed E-state index contributed by atoms with van der Waals surface area (Å²) in [4.78, 5) is 10.3. The first-order chi connectivity index (χ1) is 7.27. The average molecular weight is 204 g/mol. The predicted molar refractivity (Wildman–Crippen MR) is 62.5 cm³/mol. The number of nitrogens with one attached hydrogen (secondary N) is 2. The lowest BCUT2D eigenvalue weighted by Crippen LogP contribution is -2.15. The van der Waals surface area contributed by atoms with Gasteiger partial charge in [-0.3, -0.25) is 4.79 Å². The number of hydrogen-bond donors (Lipinski definition) is 2. The minimum absolute atomic E-state index is 0.0540. The summed E-state index contributed by atoms with van der Waals surface area (Å²) in [6, 6.07) is 8.01. The summed E-state index contributed by atoms with van der Waals surface area (Å²) in [6.07, 6.45) is 4.53. The van der Waals surface area contributed by atoms with Crippen molar-refractivity contribution in [2.75, 3.05) is 5.32 Å². The van der Waals surface area contributed by atoms with Gasteiger partial charge in [0.25, 0.3) is 0 Å². The van der Waals surface area contributed by atoms with Crippen LogP contribution in [0.4, 0.5) is 5.69 Å². The van der Waals surface area contributed by atoms with Gasteiger partial charge in [0.2, 0.25) is 6.41 Å². The fourth-order valence-electron chi connectivity index (χ4n) is 1.25. The average Bonchev–Trinajstić information content (AvgIpc) is 2.27. The van der Waals surface area contributed by atoms with E-state index in [1.54, 1.807) is 0 Å². The van der Waals surface area contributed by atoms with Crippen LogP contribution in [0.15, 0.2) is 36.5 Å². The van der Waals surface area contributed by atoms with Crippen LogP contribution in [-0.2, 0) is 4.79 Å². The van der Waals surface area contributed by atoms with Gasteiger partial charge in [0.05, 0.1) is 6.04 Å². The Labute approximate surface area is 90.2 Å². The lowest BCUT2D eigenvalue weighted by Gasteiger charge is -2.10. The normalized spacial score (nSPS) is 12.4. The lowest BCUT2D eigenvalue weighted by atomic mass is 10.1. The van der Waals surface area contributed by atoms with Crippen molar-refractivity contribution >= 4 is 12.1 Å². The zero-order chi connectivity index (χ0) is 11.1. The monoisotopic (exact) mass is 204 g/mol. The highest BCUT2D eigenvalue weighted by Crippen LogP contribution is 2.15. The van der Waals surface area contributed by atoms with E-state index < -0.39 is 0 Å². The molecular weight excluding hydrogens is 188 g/mol. The number of hydrogen-bond acceptors (Lipinski definition) is 2. The van der Waals surface area contributed by atoms with E-state index in [0.29, 0.717) is 0 Å². The van der Waals surface area contributed by atoms with Crippen LogP contribution in [0.1, 0.15) is 25.5 Å². The molecule has 2 N–H and O–H groups in total. The molecule has 0 bridgehead atoms. The van der Waals surface area contributed by atoms with Crippen LogP contribution in [0.5, 0.6) is 0 Å². The molecule has 0 heterocycles. The molecule has 0 aliphatic heterocycles. The molecule has 0 radical (unpaired) electrons. The second kappa shape index (κ2) is 5.86. The third kappa shape index (κ3) is 3.46. The molecule has 0 fully saturated rings. The van der Waals surface area contributed by atoms with Gasteiger partial charge in [-0.25, -0.2) is 0 Å². The van der Waals surface area contributed by atoms with Gasteiger partial charge in [-0.15, -0.1) is 0 Å². The van der Waals surface area contributed by atoms with Crippen LogP contribution >= 0.6 is 0 Å². The Morgan fingerprint density at radius 3 is 2.47 bits per heavy atom. The standard InChI is InChI=1S/C12H16N2O/c1-3-8-13-12-6-4-11(5-7-12)10(2)14-9-15/h3-10,13H,1-2H3,(H,14,15)/b8-3-/t10-/m1/s1. The molecule has 0 aliphatic carbocycles. The summed E-state index contributed by atoms with van der Waals surface area (Å²) in [5.74, 6) is 0. The highest BCUT2D eigenvalue weighted by atomic mass is 16.1. The molecule has 80 valence electrons. The van der Waals surface area contributed by atoms with Crippen LogP contribution in [0, 0.1) is 0 Å². The molecule has 3 nitrogen and oxygen atoms in total. The number of allylic oxidation sites excluding steroid dienone is 1. The lowest BCUT2D eigenvalue weighted by molar-refractivity contribution is -0.110. The third-order valence-corrected chi connectivity index (χ3v) is 2.15. The van der Waals surface area contributed by atoms with Crippen molar-refractivity contribution < 1.29 is 4.79 Å². The molecular formula is C12H16N2O. The van der Waals surface area contributed by atoms with Gasteiger partial charge in [0, 0.05) is 5.69 Å². The first kappa shape index (κ1) is 11.3. The molecule has 0 aromatic heterocycles. The van der Waals surface area contributed by atoms with E-state index >= 15 is 0 Å². The van der Waals surface area contributed by atoms with E-state index in [1.165, 1.54) is 0 Å². The maximum absolute atomic E-state index is 10.3. The molecule has 1 rings (SSSR count). The maximum atomic E-state index is 10.3. The smallest absolute Gasteiger partial charge is 0.207 e. The quantitative estimate of drug-likeness (QED) is 0.723. The van der Waals surface area contributed by atoms with Gasteiger partial charge in [-0.05, 0) is 37.7 Å². The van der Waals surface area contributed by atoms with Crippen LogP contribution < -0.4 is 10.6 Å². The molecule has 15 heavy (non-hydrogen) atoms. The summed E-state index contributed by atoms with van der Waals surface area (Å²) < 4.78 is 0. The number of carbonyl (C=O) groups excluding carboxylic acids is 1. The first-order valence-electron chi connectivity index (χ1n) is 4.95. The van der Waals surface area contributed by atoms with Crippen molar-refractivity contribution in [2.45, 2.75) is 19.9 Å². The number of anilines is 1. The Morgan fingerprint density at radius 2 is 1.93 bits per heavy atom. The van der Waals surface area contributed by atoms with Crippen molar-refractivity contribution in [2.24, 2.45) is 0 Å². The molecule has 3 heteroatoms. The third-order valence-electron chi connectivity index (χ3n) is 2.15. The zero-order valence-electron chi connectivity index (χ0n) is 9.03. The SMILES string of the molecule is C/C=C\Nc1ccc([C@@H](C)NC=O)cc1. The van der Waals surface area contributed by atoms with E-state index in [0.717, 1.165) is 17.7 Å². The van der Waals surface area contributed by atoms with E-state index in [-0.39, 0.29) is 6.04 Å². The van der Waals surface area contributed by atoms with Crippen molar-refractivity contribution in [3.8, 4) is 0 Å². The van der Waals surface area contributed by atoms with E-state index in [4.69, 9.17) is 0 Å². The minimum Gasteiger partial charge on any atom is -0.362 e. The topological polar surface area (TPSA) is 41.1 Å². The maximum Gasteiger partial charge on any atom is 0.207 e. The summed E-state index contributed by atoms with van der Waals surface area (Å²) in [7, 11) is 0. The van der Waals surface area contributed by atoms with Crippen molar-refractivity contribution in [3.05, 3.63) is 42.1 Å². The first-order valence-corrected chi connectivity index (χ1v) is 4.95. The minimum atomic E-state index is 0.0540. The number of amides is 1. The molecule has 0 unspecified atom stereocenters. The summed E-state index contributed by atoms with van der Waals surface area (Å²) in [5, 5.41) is 5.83. The molecule has 0 spiro atoms. The van der Waals surface area contributed by atoms with Crippen LogP contribution in [0.25, 0.3) is 0 Å². The van der Waals surface area contributed by atoms with E-state index in [9.17, 15) is 4.79 Å². The van der Waals surface area contributed by atoms with Gasteiger partial charge in [-0.1, -0.05) is 18.2 Å². The summed E-state index contributed by atoms with van der Waals surface area (Å²) >= 11 is 0. The highest BCUT2D eigenvalue weighted by Gasteiger charge is 2.02. The summed E-state index contributed by atoms with van der Waals surface area (Å²) in [6.45, 7) is 3.90. The Morgan fingerprint density at radius 1 is 1.27 bits per heavy atom. The Balaban J connectivity index is 2.66. The Kier molecular flexibility index (Phi) is 4.41. The number of rotatable bonds is 5. The Bertz CT molecular complexity index is 330. The highest BCUT2D eigenvalue weighted by molar-refractivity contribution is 5.50. The fraction of sp³-hybridized carbons (Fsp3) is 0.250. The zero-order valence-corrected chi connectivity index (χ0v) is 9.03. The molecule has 0 saturated carbocycles. The molecule has 1 atom stereocenters. The van der Waals surface area contributed by atoms with Crippen molar-refractivity contribution in [1.29, 1.82) is 0 Å². The van der Waals surface area contributed by atoms with E-state index in [2.05, 4.69) is 10.6 Å². The number of benzene rings is 1. The molecule has 1 aromatic rings. The molecule has 1 amide bonds. The fourth-order valence-corrected chi connectivity index (χ4v) is 1.25. The largest absolute Gasteiger partial charge is 0.362 e. The van der Waals surface area contributed by atoms with Crippen molar-refractivity contribution in [1.82, 2.24) is 5.32 Å². The summed E-state index contributed by atoms with van der Waals surface area (Å²) in [5.41, 5.74) is 2.13. The van der Waals surface area contributed by atoms with Gasteiger partial charge in [-0.2, -0.15) is 0 Å². The second-order valence-electron chi connectivity index (χ2n) is 3.27.